The number of rotatable bonds is 6. The van der Waals surface area contributed by atoms with Crippen molar-refractivity contribution in [3.8, 4) is 0 Å². The molecule has 0 aliphatic heterocycles. The Balaban J connectivity index is 3.36. The third kappa shape index (κ3) is 2.86. The van der Waals surface area contributed by atoms with Crippen LogP contribution in [0.3, 0.4) is 0 Å². The van der Waals surface area contributed by atoms with Crippen molar-refractivity contribution in [3.63, 3.8) is 0 Å². The van der Waals surface area contributed by atoms with Gasteiger partial charge < -0.3 is 8.85 Å². The molecule has 0 aliphatic rings. The summed E-state index contributed by atoms with van der Waals surface area (Å²) >= 11 is 0. The second kappa shape index (κ2) is 6.19. The summed E-state index contributed by atoms with van der Waals surface area (Å²) in [7, 11) is -4.15. The lowest BCUT2D eigenvalue weighted by atomic mass is 10.2. The van der Waals surface area contributed by atoms with Gasteiger partial charge in [0.1, 0.15) is 0 Å². The Labute approximate surface area is 114 Å². The van der Waals surface area contributed by atoms with E-state index in [1.165, 1.54) is 13.8 Å². The zero-order valence-electron chi connectivity index (χ0n) is 11.3. The summed E-state index contributed by atoms with van der Waals surface area (Å²) in [6, 6.07) is 0.964. The van der Waals surface area contributed by atoms with Gasteiger partial charge in [-0.2, -0.15) is 8.78 Å². The molecule has 0 aromatic heterocycles. The Morgan fingerprint density at radius 3 is 1.95 bits per heavy atom. The largest absolute Gasteiger partial charge is 0.416 e. The summed E-state index contributed by atoms with van der Waals surface area (Å²) in [5.41, 5.74) is -5.12. The van der Waals surface area contributed by atoms with Crippen molar-refractivity contribution in [1.82, 2.24) is 0 Å². The topological polar surface area (TPSA) is 18.5 Å². The lowest BCUT2D eigenvalue weighted by molar-refractivity contribution is 0.00292. The standard InChI is InChI=1S/C12H15F5O2Si/c1-4-18-20(3,19-5-2)12(16,17)8-6-7-9(13)11(15)10(8)14/h6-7H,4-5H2,1-3H3. The monoisotopic (exact) mass is 314 g/mol. The van der Waals surface area contributed by atoms with Gasteiger partial charge in [-0.1, -0.05) is 0 Å². The van der Waals surface area contributed by atoms with Gasteiger partial charge >= 0.3 is 14.1 Å². The quantitative estimate of drug-likeness (QED) is 0.451. The number of benzene rings is 1. The van der Waals surface area contributed by atoms with E-state index in [0.29, 0.717) is 12.1 Å². The molecular formula is C12H15F5O2Si. The van der Waals surface area contributed by atoms with Gasteiger partial charge in [-0.3, -0.25) is 0 Å². The second-order valence-corrected chi connectivity index (χ2v) is 7.21. The van der Waals surface area contributed by atoms with Gasteiger partial charge in [0.25, 0.3) is 0 Å². The van der Waals surface area contributed by atoms with E-state index in [4.69, 9.17) is 8.85 Å². The van der Waals surface area contributed by atoms with Crippen LogP contribution in [0.5, 0.6) is 0 Å². The van der Waals surface area contributed by atoms with Gasteiger partial charge in [-0.05, 0) is 32.5 Å². The first kappa shape index (κ1) is 17.1. The number of hydrogen-bond donors (Lipinski definition) is 0. The fraction of sp³-hybridized carbons (Fsp3) is 0.500. The molecule has 2 nitrogen and oxygen atoms in total. The van der Waals surface area contributed by atoms with E-state index in [0.717, 1.165) is 6.55 Å². The maximum atomic E-state index is 14.4. The van der Waals surface area contributed by atoms with Gasteiger partial charge in [-0.15, -0.1) is 0 Å². The van der Waals surface area contributed by atoms with Crippen molar-refractivity contribution in [3.05, 3.63) is 35.1 Å². The molecular weight excluding hydrogens is 299 g/mol. The SMILES string of the molecule is CCO[Si](C)(OCC)C(F)(F)c1ccc(F)c(F)c1F. The Hall–Kier alpha value is -0.993. The van der Waals surface area contributed by atoms with Crippen LogP contribution in [0, 0.1) is 17.5 Å². The predicted octanol–water partition coefficient (Wildman–Crippen LogP) is 3.88. The average molecular weight is 314 g/mol. The smallest absolute Gasteiger partial charge is 0.391 e. The molecule has 0 saturated carbocycles. The number of hydrogen-bond acceptors (Lipinski definition) is 2. The van der Waals surface area contributed by atoms with Crippen LogP contribution in [-0.4, -0.2) is 21.8 Å². The Bertz CT molecular complexity index is 475. The third-order valence-electron chi connectivity index (χ3n) is 2.78. The summed E-state index contributed by atoms with van der Waals surface area (Å²) in [6.07, 6.45) is 0. The van der Waals surface area contributed by atoms with Crippen LogP contribution in [-0.2, 0) is 14.4 Å². The molecule has 0 unspecified atom stereocenters. The summed E-state index contributed by atoms with van der Waals surface area (Å²) in [4.78, 5) is 0. The van der Waals surface area contributed by atoms with E-state index in [1.54, 1.807) is 0 Å². The fourth-order valence-corrected chi connectivity index (χ4v) is 4.02. The Morgan fingerprint density at radius 2 is 1.50 bits per heavy atom. The molecule has 0 bridgehead atoms. The molecule has 114 valence electrons. The first-order valence-electron chi connectivity index (χ1n) is 6.01. The molecule has 0 atom stereocenters. The van der Waals surface area contributed by atoms with Crippen LogP contribution in [0.2, 0.25) is 6.55 Å². The van der Waals surface area contributed by atoms with Crippen molar-refractivity contribution in [2.45, 2.75) is 25.9 Å². The zero-order valence-corrected chi connectivity index (χ0v) is 12.3. The zero-order chi connectivity index (χ0) is 15.6. The van der Waals surface area contributed by atoms with Gasteiger partial charge in [0.15, 0.2) is 17.5 Å². The van der Waals surface area contributed by atoms with Crippen LogP contribution in [0.1, 0.15) is 19.4 Å². The van der Waals surface area contributed by atoms with E-state index in [-0.39, 0.29) is 13.2 Å². The lowest BCUT2D eigenvalue weighted by Crippen LogP contribution is -2.54. The molecule has 8 heteroatoms. The maximum Gasteiger partial charge on any atom is 0.416 e. The molecule has 1 aromatic rings. The van der Waals surface area contributed by atoms with Crippen LogP contribution >= 0.6 is 0 Å². The molecule has 0 amide bonds. The first-order valence-corrected chi connectivity index (χ1v) is 8.32. The average Bonchev–Trinajstić information content (AvgIpc) is 2.36. The number of alkyl halides is 2. The summed E-state index contributed by atoms with van der Waals surface area (Å²) in [6.45, 7) is 3.90. The fourth-order valence-electron chi connectivity index (χ4n) is 1.79. The van der Waals surface area contributed by atoms with Crippen molar-refractivity contribution < 1.29 is 30.8 Å². The first-order chi connectivity index (χ1) is 9.21. The Morgan fingerprint density at radius 1 is 1.00 bits per heavy atom. The number of halogens is 5. The van der Waals surface area contributed by atoms with Gasteiger partial charge in [-0.25, -0.2) is 13.2 Å². The van der Waals surface area contributed by atoms with Gasteiger partial charge in [0, 0.05) is 13.2 Å². The maximum absolute atomic E-state index is 14.4. The highest BCUT2D eigenvalue weighted by Gasteiger charge is 2.60. The van der Waals surface area contributed by atoms with Crippen LogP contribution in [0.25, 0.3) is 0 Å². The van der Waals surface area contributed by atoms with Crippen molar-refractivity contribution in [2.75, 3.05) is 13.2 Å². The minimum atomic E-state index is -4.15. The molecule has 0 fully saturated rings. The normalized spacial score (nSPS) is 12.8. The molecule has 0 aliphatic carbocycles. The molecule has 0 heterocycles. The summed E-state index contributed by atoms with van der Waals surface area (Å²) < 4.78 is 78.4. The van der Waals surface area contributed by atoms with Crippen molar-refractivity contribution in [1.29, 1.82) is 0 Å². The van der Waals surface area contributed by atoms with E-state index in [9.17, 15) is 22.0 Å². The van der Waals surface area contributed by atoms with Gasteiger partial charge in [0.05, 0.1) is 5.56 Å². The Kier molecular flexibility index (Phi) is 5.28. The second-order valence-electron chi connectivity index (χ2n) is 4.11. The van der Waals surface area contributed by atoms with E-state index >= 15 is 0 Å². The highest BCUT2D eigenvalue weighted by Crippen LogP contribution is 2.40. The molecule has 0 spiro atoms. The molecule has 0 radical (unpaired) electrons. The minimum Gasteiger partial charge on any atom is -0.391 e. The molecule has 1 rings (SSSR count). The molecule has 0 N–H and O–H groups in total. The van der Waals surface area contributed by atoms with Gasteiger partial charge in [0.2, 0.25) is 0 Å². The van der Waals surface area contributed by atoms with E-state index < -0.39 is 37.1 Å². The van der Waals surface area contributed by atoms with Crippen molar-refractivity contribution in [2.24, 2.45) is 0 Å². The van der Waals surface area contributed by atoms with E-state index in [2.05, 4.69) is 0 Å². The van der Waals surface area contributed by atoms with E-state index in [1.807, 2.05) is 0 Å². The molecule has 20 heavy (non-hydrogen) atoms. The van der Waals surface area contributed by atoms with Crippen LogP contribution in [0.15, 0.2) is 12.1 Å². The predicted molar refractivity (Wildman–Crippen MR) is 65.1 cm³/mol. The molecule has 0 saturated heterocycles. The highest BCUT2D eigenvalue weighted by atomic mass is 28.4. The summed E-state index contributed by atoms with van der Waals surface area (Å²) in [5, 5.41) is 0. The highest BCUT2D eigenvalue weighted by molar-refractivity contribution is 6.68. The third-order valence-corrected chi connectivity index (χ3v) is 5.87. The summed E-state index contributed by atoms with van der Waals surface area (Å²) in [5.74, 6) is -5.39. The van der Waals surface area contributed by atoms with Crippen molar-refractivity contribution >= 4 is 8.56 Å². The molecule has 1 aromatic carbocycles. The minimum absolute atomic E-state index is 0.0659. The van der Waals surface area contributed by atoms with Crippen LogP contribution in [0.4, 0.5) is 22.0 Å². The lowest BCUT2D eigenvalue weighted by Gasteiger charge is -2.33. The van der Waals surface area contributed by atoms with Crippen LogP contribution < -0.4 is 0 Å².